The molecule has 5 heteroatoms. The molecule has 1 aliphatic rings. The highest BCUT2D eigenvalue weighted by Gasteiger charge is 2.19. The van der Waals surface area contributed by atoms with E-state index in [0.29, 0.717) is 24.8 Å². The highest BCUT2D eigenvalue weighted by Crippen LogP contribution is 2.25. The lowest BCUT2D eigenvalue weighted by Gasteiger charge is -2.25. The number of pyridine rings is 1. The van der Waals surface area contributed by atoms with Crippen molar-refractivity contribution in [1.29, 1.82) is 0 Å². The van der Waals surface area contributed by atoms with Gasteiger partial charge in [-0.15, -0.1) is 0 Å². The number of aromatic nitrogens is 1. The van der Waals surface area contributed by atoms with Gasteiger partial charge in [0.25, 0.3) is 5.91 Å². The predicted octanol–water partition coefficient (Wildman–Crippen LogP) is 2.18. The molecule has 0 radical (unpaired) electrons. The summed E-state index contributed by atoms with van der Waals surface area (Å²) in [4.78, 5) is 15.9. The van der Waals surface area contributed by atoms with Crippen molar-refractivity contribution in [2.24, 2.45) is 5.92 Å². The Morgan fingerprint density at radius 2 is 2.33 bits per heavy atom. The van der Waals surface area contributed by atoms with Gasteiger partial charge in [0.15, 0.2) is 0 Å². The molecule has 0 atom stereocenters. The normalized spacial score (nSPS) is 15.0. The third kappa shape index (κ3) is 2.97. The van der Waals surface area contributed by atoms with Crippen molar-refractivity contribution in [3.05, 3.63) is 23.6 Å². The van der Waals surface area contributed by atoms with Crippen LogP contribution < -0.4 is 10.6 Å². The number of amides is 1. The predicted molar refractivity (Wildman–Crippen MR) is 68.0 cm³/mol. The second-order valence-electron chi connectivity index (χ2n) is 4.59. The van der Waals surface area contributed by atoms with Crippen molar-refractivity contribution in [2.75, 3.05) is 18.4 Å². The molecule has 0 unspecified atom stereocenters. The highest BCUT2D eigenvalue weighted by molar-refractivity contribution is 5.98. The second kappa shape index (κ2) is 5.80. The zero-order valence-corrected chi connectivity index (χ0v) is 10.5. The van der Waals surface area contributed by atoms with E-state index in [2.05, 4.69) is 15.6 Å². The van der Waals surface area contributed by atoms with Gasteiger partial charge in [-0.25, -0.2) is 9.37 Å². The number of nitrogens with zero attached hydrogens (tertiary/aromatic N) is 1. The zero-order valence-electron chi connectivity index (χ0n) is 10.5. The van der Waals surface area contributed by atoms with E-state index in [-0.39, 0.29) is 11.5 Å². The first kappa shape index (κ1) is 12.8. The Balaban J connectivity index is 2.04. The average Bonchev–Trinajstić information content (AvgIpc) is 2.29. The molecule has 1 saturated carbocycles. The topological polar surface area (TPSA) is 54.0 Å². The molecule has 0 saturated heterocycles. The largest absolute Gasteiger partial charge is 0.370 e. The van der Waals surface area contributed by atoms with Crippen molar-refractivity contribution in [3.63, 3.8) is 0 Å². The summed E-state index contributed by atoms with van der Waals surface area (Å²) in [7, 11) is 0. The Labute approximate surface area is 106 Å². The van der Waals surface area contributed by atoms with E-state index in [1.54, 1.807) is 0 Å². The maximum absolute atomic E-state index is 13.2. The number of nitrogens with one attached hydrogen (secondary N) is 2. The molecule has 0 bridgehead atoms. The van der Waals surface area contributed by atoms with Crippen LogP contribution in [0, 0.1) is 11.7 Å². The monoisotopic (exact) mass is 251 g/mol. The summed E-state index contributed by atoms with van der Waals surface area (Å²) < 4.78 is 13.2. The van der Waals surface area contributed by atoms with Crippen LogP contribution in [0.25, 0.3) is 0 Å². The van der Waals surface area contributed by atoms with E-state index in [9.17, 15) is 9.18 Å². The molecule has 18 heavy (non-hydrogen) atoms. The Hall–Kier alpha value is -1.65. The van der Waals surface area contributed by atoms with Crippen molar-refractivity contribution < 1.29 is 9.18 Å². The van der Waals surface area contributed by atoms with E-state index in [0.717, 1.165) is 6.20 Å². The third-order valence-electron chi connectivity index (χ3n) is 3.22. The van der Waals surface area contributed by atoms with Gasteiger partial charge in [0.1, 0.15) is 11.6 Å². The van der Waals surface area contributed by atoms with Crippen LogP contribution in [0.4, 0.5) is 10.2 Å². The van der Waals surface area contributed by atoms with Crippen LogP contribution in [0.15, 0.2) is 12.3 Å². The Kier molecular flexibility index (Phi) is 4.12. The molecule has 2 rings (SSSR count). The zero-order chi connectivity index (χ0) is 13.0. The van der Waals surface area contributed by atoms with E-state index < -0.39 is 5.82 Å². The first-order valence-electron chi connectivity index (χ1n) is 6.38. The van der Waals surface area contributed by atoms with Crippen LogP contribution in [0.1, 0.15) is 36.5 Å². The Morgan fingerprint density at radius 3 is 2.94 bits per heavy atom. The Morgan fingerprint density at radius 1 is 1.56 bits per heavy atom. The lowest BCUT2D eigenvalue weighted by atomic mass is 9.85. The maximum atomic E-state index is 13.2. The quantitative estimate of drug-likeness (QED) is 0.843. The van der Waals surface area contributed by atoms with Gasteiger partial charge in [0, 0.05) is 13.1 Å². The number of carbonyl (C=O) groups is 1. The minimum atomic E-state index is -0.495. The Bertz CT molecular complexity index is 432. The van der Waals surface area contributed by atoms with E-state index >= 15 is 0 Å². The third-order valence-corrected chi connectivity index (χ3v) is 3.22. The summed E-state index contributed by atoms with van der Waals surface area (Å²) >= 11 is 0. The summed E-state index contributed by atoms with van der Waals surface area (Å²) in [5.74, 6) is 0.262. The molecule has 1 aromatic rings. The molecule has 0 aliphatic heterocycles. The van der Waals surface area contributed by atoms with Gasteiger partial charge in [-0.2, -0.15) is 0 Å². The molecule has 2 N–H and O–H groups in total. The number of carbonyl (C=O) groups excluding carboxylic acids is 1. The van der Waals surface area contributed by atoms with Gasteiger partial charge in [-0.3, -0.25) is 4.79 Å². The first-order chi connectivity index (χ1) is 8.70. The summed E-state index contributed by atoms with van der Waals surface area (Å²) in [6.45, 7) is 3.21. The summed E-state index contributed by atoms with van der Waals surface area (Å²) in [6, 6.07) is 1.22. The number of halogens is 1. The van der Waals surface area contributed by atoms with E-state index in [4.69, 9.17) is 0 Å². The van der Waals surface area contributed by atoms with Crippen LogP contribution in [0.3, 0.4) is 0 Å². The lowest BCUT2D eigenvalue weighted by molar-refractivity contribution is 0.0939. The molecule has 1 fully saturated rings. The minimum Gasteiger partial charge on any atom is -0.370 e. The van der Waals surface area contributed by atoms with Crippen LogP contribution in [0.5, 0.6) is 0 Å². The lowest BCUT2D eigenvalue weighted by Crippen LogP contribution is -2.32. The highest BCUT2D eigenvalue weighted by atomic mass is 19.1. The van der Waals surface area contributed by atoms with Gasteiger partial charge < -0.3 is 10.6 Å². The molecule has 0 spiro atoms. The van der Waals surface area contributed by atoms with Gasteiger partial charge in [-0.1, -0.05) is 6.42 Å². The molecule has 0 aromatic carbocycles. The SMILES string of the molecule is CCNc1ncc(F)cc1C(=O)NCC1CCC1. The van der Waals surface area contributed by atoms with Crippen LogP contribution in [-0.2, 0) is 0 Å². The van der Waals surface area contributed by atoms with Crippen LogP contribution in [-0.4, -0.2) is 24.0 Å². The summed E-state index contributed by atoms with van der Waals surface area (Å²) in [6.07, 6.45) is 4.69. The van der Waals surface area contributed by atoms with Crippen LogP contribution in [0.2, 0.25) is 0 Å². The van der Waals surface area contributed by atoms with E-state index in [1.807, 2.05) is 6.92 Å². The van der Waals surface area contributed by atoms with Crippen molar-refractivity contribution >= 4 is 11.7 Å². The smallest absolute Gasteiger partial charge is 0.255 e. The fourth-order valence-corrected chi connectivity index (χ4v) is 1.95. The summed E-state index contributed by atoms with van der Waals surface area (Å²) in [5, 5.41) is 5.80. The minimum absolute atomic E-state index is 0.259. The molecule has 4 nitrogen and oxygen atoms in total. The van der Waals surface area contributed by atoms with E-state index in [1.165, 1.54) is 25.3 Å². The number of anilines is 1. The standard InChI is InChI=1S/C13H18FN3O/c1-2-15-12-11(6-10(14)8-16-12)13(18)17-7-9-4-3-5-9/h6,8-9H,2-5,7H2,1H3,(H,15,16)(H,17,18). The second-order valence-corrected chi connectivity index (χ2v) is 4.59. The van der Waals surface area contributed by atoms with Gasteiger partial charge in [0.2, 0.25) is 0 Å². The molecule has 1 heterocycles. The maximum Gasteiger partial charge on any atom is 0.255 e. The number of rotatable bonds is 5. The molecule has 1 aliphatic carbocycles. The fraction of sp³-hybridized carbons (Fsp3) is 0.538. The molecular formula is C13H18FN3O. The summed E-state index contributed by atoms with van der Waals surface area (Å²) in [5.41, 5.74) is 0.274. The van der Waals surface area contributed by atoms with Crippen molar-refractivity contribution in [2.45, 2.75) is 26.2 Å². The van der Waals surface area contributed by atoms with Gasteiger partial charge >= 0.3 is 0 Å². The molecule has 1 aromatic heterocycles. The van der Waals surface area contributed by atoms with Gasteiger partial charge in [-0.05, 0) is 31.7 Å². The van der Waals surface area contributed by atoms with Crippen LogP contribution >= 0.6 is 0 Å². The number of hydrogen-bond acceptors (Lipinski definition) is 3. The fourth-order valence-electron chi connectivity index (χ4n) is 1.95. The average molecular weight is 251 g/mol. The molecule has 1 amide bonds. The van der Waals surface area contributed by atoms with Gasteiger partial charge in [0.05, 0.1) is 11.8 Å². The first-order valence-corrected chi connectivity index (χ1v) is 6.38. The molecule has 98 valence electrons. The molecular weight excluding hydrogens is 233 g/mol. The van der Waals surface area contributed by atoms with Crippen molar-refractivity contribution in [1.82, 2.24) is 10.3 Å². The van der Waals surface area contributed by atoms with Crippen molar-refractivity contribution in [3.8, 4) is 0 Å². The number of hydrogen-bond donors (Lipinski definition) is 2.